The van der Waals surface area contributed by atoms with Gasteiger partial charge in [0, 0.05) is 64.6 Å². The maximum atomic E-state index is 6.06. The summed E-state index contributed by atoms with van der Waals surface area (Å²) in [5.41, 5.74) is 1.22. The molecule has 0 amide bonds. The molecule has 1 aromatic rings. The molecule has 0 aromatic heterocycles. The minimum Gasteiger partial charge on any atom is -1.00 e. The van der Waals surface area contributed by atoms with Crippen molar-refractivity contribution in [2.75, 3.05) is 59.3 Å². The number of hydrogen-bond acceptors (Lipinski definition) is 6. The Kier molecular flexibility index (Phi) is 21.9. The predicted octanol–water partition coefficient (Wildman–Crippen LogP) is 1.47. The van der Waals surface area contributed by atoms with Crippen molar-refractivity contribution in [2.24, 2.45) is 0 Å². The van der Waals surface area contributed by atoms with Crippen molar-refractivity contribution in [3.8, 4) is 0 Å². The van der Waals surface area contributed by atoms with Gasteiger partial charge in [-0.2, -0.15) is 0 Å². The Balaban J connectivity index is 0.0000130. The van der Waals surface area contributed by atoms with Crippen LogP contribution in [0, 0.1) is 0 Å². The Hall–Kier alpha value is -0.596. The van der Waals surface area contributed by atoms with Crippen LogP contribution in [-0.4, -0.2) is 76.9 Å². The van der Waals surface area contributed by atoms with Crippen LogP contribution in [0.4, 0.5) is 0 Å². The molecule has 0 bridgehead atoms. The number of hydrogen-bond donors (Lipinski definition) is 1. The summed E-state index contributed by atoms with van der Waals surface area (Å²) >= 11 is 0. The third-order valence-electron chi connectivity index (χ3n) is 5.73. The fraction of sp³-hybridized carbons (Fsp3) is 0.704. The van der Waals surface area contributed by atoms with Crippen molar-refractivity contribution in [2.45, 2.75) is 66.5 Å². The summed E-state index contributed by atoms with van der Waals surface area (Å²) in [5.74, 6) is 0. The summed E-state index contributed by atoms with van der Waals surface area (Å²) in [4.78, 5) is 1.52. The molecule has 0 atom stereocenters. The van der Waals surface area contributed by atoms with Gasteiger partial charge in [-0.1, -0.05) is 36.4 Å². The van der Waals surface area contributed by atoms with Crippen LogP contribution < -0.4 is 17.3 Å². The van der Waals surface area contributed by atoms with E-state index in [2.05, 4.69) is 36.4 Å². The third kappa shape index (κ3) is 15.0. The minimum absolute atomic E-state index is 0. The fourth-order valence-electron chi connectivity index (χ4n) is 4.37. The summed E-state index contributed by atoms with van der Waals surface area (Å²) in [6, 6.07) is 12.1. The van der Waals surface area contributed by atoms with Gasteiger partial charge in [0.25, 0.3) is 0 Å². The highest BCUT2D eigenvalue weighted by atomic mass is 35.5. The van der Waals surface area contributed by atoms with Crippen LogP contribution in [0.1, 0.15) is 59.9 Å². The molecule has 1 N–H and O–H groups in total. The smallest absolute Gasteiger partial charge is 0.501 e. The van der Waals surface area contributed by atoms with E-state index in [-0.39, 0.29) is 12.4 Å². The Morgan fingerprint density at radius 1 is 0.622 bits per heavy atom. The molecule has 0 spiro atoms. The van der Waals surface area contributed by atoms with Crippen LogP contribution in [-0.2, 0) is 26.6 Å². The first-order valence-corrected chi connectivity index (χ1v) is 17.8. The summed E-state index contributed by atoms with van der Waals surface area (Å²) in [6.45, 7) is 18.7. The van der Waals surface area contributed by atoms with E-state index in [1.807, 2.05) is 47.6 Å². The van der Waals surface area contributed by atoms with Gasteiger partial charge in [0.1, 0.15) is 0 Å². The van der Waals surface area contributed by atoms with E-state index in [0.717, 1.165) is 44.6 Å². The van der Waals surface area contributed by atoms with Gasteiger partial charge in [0.05, 0.1) is 19.6 Å². The second-order valence-corrected chi connectivity index (χ2v) is 13.9. The van der Waals surface area contributed by atoms with E-state index >= 15 is 0 Å². The Bertz CT molecular complexity index is 620. The van der Waals surface area contributed by atoms with Gasteiger partial charge in [0.2, 0.25) is 0 Å². The van der Waals surface area contributed by atoms with Gasteiger partial charge in [-0.15, -0.1) is 0 Å². The van der Waals surface area contributed by atoms with E-state index < -0.39 is 17.6 Å². The van der Waals surface area contributed by atoms with Gasteiger partial charge in [-0.3, -0.25) is 0 Å². The Labute approximate surface area is 235 Å². The normalized spacial score (nSPS) is 12.4. The van der Waals surface area contributed by atoms with Crippen LogP contribution in [0.5, 0.6) is 0 Å². The lowest BCUT2D eigenvalue weighted by atomic mass is 10.2. The highest BCUT2D eigenvalue weighted by Crippen LogP contribution is 2.19. The molecule has 0 aliphatic rings. The predicted molar refractivity (Wildman–Crippen MR) is 151 cm³/mol. The van der Waals surface area contributed by atoms with E-state index in [1.54, 1.807) is 0 Å². The average Bonchev–Trinajstić information content (AvgIpc) is 2.85. The Morgan fingerprint density at radius 2 is 1.00 bits per heavy atom. The van der Waals surface area contributed by atoms with Crippen LogP contribution >= 0.6 is 0 Å². The molecule has 37 heavy (non-hydrogen) atoms. The lowest BCUT2D eigenvalue weighted by Gasteiger charge is -2.30. The van der Waals surface area contributed by atoms with Gasteiger partial charge in [0.15, 0.2) is 0 Å². The molecule has 216 valence electrons. The monoisotopic (exact) mass is 577 g/mol. The van der Waals surface area contributed by atoms with Crippen molar-refractivity contribution < 1.29 is 43.9 Å². The van der Waals surface area contributed by atoms with E-state index in [1.165, 1.54) is 10.5 Å². The maximum Gasteiger partial charge on any atom is 0.501 e. The first-order chi connectivity index (χ1) is 17.5. The topological polar surface area (TPSA) is 59.8 Å². The molecule has 0 unspecified atom stereocenters. The van der Waals surface area contributed by atoms with E-state index in [9.17, 15) is 0 Å². The van der Waals surface area contributed by atoms with Crippen molar-refractivity contribution in [3.63, 3.8) is 0 Å². The third-order valence-corrected chi connectivity index (χ3v) is 12.0. The zero-order chi connectivity index (χ0) is 26.5. The van der Waals surface area contributed by atoms with Crippen molar-refractivity contribution in [1.82, 2.24) is 0 Å². The highest BCUT2D eigenvalue weighted by Gasteiger charge is 2.41. The molecule has 7 nitrogen and oxygen atoms in total. The second kappa shape index (κ2) is 22.2. The number of halogens is 1. The minimum atomic E-state index is -2.62. The lowest BCUT2D eigenvalue weighted by Crippen LogP contribution is -3.11. The summed E-state index contributed by atoms with van der Waals surface area (Å²) in [7, 11) is -5.25. The molecule has 0 aliphatic heterocycles. The van der Waals surface area contributed by atoms with Gasteiger partial charge in [-0.05, 0) is 53.2 Å². The molecule has 10 heteroatoms. The van der Waals surface area contributed by atoms with Crippen molar-refractivity contribution in [3.05, 3.63) is 42.0 Å². The molecule has 0 saturated carbocycles. The van der Waals surface area contributed by atoms with E-state index in [0.29, 0.717) is 39.6 Å². The van der Waals surface area contributed by atoms with Crippen LogP contribution in [0.3, 0.4) is 0 Å². The Morgan fingerprint density at radius 3 is 1.35 bits per heavy atom. The molecule has 0 radical (unpaired) electrons. The van der Waals surface area contributed by atoms with Gasteiger partial charge in [-0.25, -0.2) is 0 Å². The summed E-state index contributed by atoms with van der Waals surface area (Å²) < 4.78 is 36.4. The molecule has 0 heterocycles. The fourth-order valence-corrected chi connectivity index (χ4v) is 9.59. The SMILES string of the molecule is CCO[Si](CCC[NH+](C/C=C/c1ccccc1)CCC[Si](OCC)(OCC)OCC)(OCC)OCC.[Cl-]. The first kappa shape index (κ1) is 36.4. The standard InChI is InChI=1S/C27H51NO6Si2.ClH/c1-7-29-35(30-8-2,31-9-3)25-17-23-28(22-16-21-27-19-14-13-15-20-27)24-18-26-36(32-10-4,33-11-5)34-12-6;/h13-16,19-21H,7-12,17-18,22-26H2,1-6H3;1H/b21-16+;. The molecule has 0 saturated heterocycles. The molecule has 0 aliphatic carbocycles. The molecule has 1 rings (SSSR count). The summed E-state index contributed by atoms with van der Waals surface area (Å²) in [5, 5.41) is 0. The van der Waals surface area contributed by atoms with Crippen LogP contribution in [0.15, 0.2) is 36.4 Å². The second-order valence-electron chi connectivity index (χ2n) is 8.44. The highest BCUT2D eigenvalue weighted by molar-refractivity contribution is 6.61. The maximum absolute atomic E-state index is 6.06. The largest absolute Gasteiger partial charge is 1.00 e. The number of quaternary nitrogens is 1. The molecular formula is C27H52ClNO6Si2. The lowest BCUT2D eigenvalue weighted by molar-refractivity contribution is -0.894. The molecule has 1 aromatic carbocycles. The quantitative estimate of drug-likeness (QED) is 0.199. The van der Waals surface area contributed by atoms with Crippen molar-refractivity contribution >= 4 is 23.7 Å². The number of nitrogens with one attached hydrogen (secondary N) is 1. The van der Waals surface area contributed by atoms with Crippen LogP contribution in [0.25, 0.3) is 6.08 Å². The van der Waals surface area contributed by atoms with Gasteiger partial charge >= 0.3 is 17.6 Å². The van der Waals surface area contributed by atoms with Crippen LogP contribution in [0.2, 0.25) is 12.1 Å². The first-order valence-electron chi connectivity index (χ1n) is 13.9. The molecular weight excluding hydrogens is 526 g/mol. The van der Waals surface area contributed by atoms with Gasteiger partial charge < -0.3 is 43.9 Å². The number of rotatable bonds is 23. The zero-order valence-corrected chi connectivity index (χ0v) is 26.8. The van der Waals surface area contributed by atoms with Crippen molar-refractivity contribution in [1.29, 1.82) is 0 Å². The molecule has 0 fully saturated rings. The van der Waals surface area contributed by atoms with E-state index in [4.69, 9.17) is 26.6 Å². The summed E-state index contributed by atoms with van der Waals surface area (Å²) in [6.07, 6.45) is 6.47. The zero-order valence-electron chi connectivity index (χ0n) is 24.1. The number of benzene rings is 1. The average molecular weight is 578 g/mol.